The van der Waals surface area contributed by atoms with E-state index in [1.54, 1.807) is 0 Å². The number of carbonyl (C=O) groups excluding carboxylic acids is 1. The summed E-state index contributed by atoms with van der Waals surface area (Å²) >= 11 is 1.50. The van der Waals surface area contributed by atoms with Gasteiger partial charge in [0.2, 0.25) is 0 Å². The number of rotatable bonds is 7. The summed E-state index contributed by atoms with van der Waals surface area (Å²) in [5.74, 6) is 0.227. The molecule has 0 radical (unpaired) electrons. The fourth-order valence-electron chi connectivity index (χ4n) is 2.20. The Balaban J connectivity index is 1.76. The predicted octanol–water partition coefficient (Wildman–Crippen LogP) is 3.71. The summed E-state index contributed by atoms with van der Waals surface area (Å²) in [7, 11) is 2.04. The van der Waals surface area contributed by atoms with Gasteiger partial charge in [-0.1, -0.05) is 18.2 Å². The van der Waals surface area contributed by atoms with Crippen LogP contribution in [0.4, 0.5) is 0 Å². The van der Waals surface area contributed by atoms with Gasteiger partial charge in [-0.05, 0) is 49.2 Å². The zero-order valence-electron chi connectivity index (χ0n) is 12.1. The lowest BCUT2D eigenvalue weighted by molar-refractivity contribution is 0.0980. The van der Waals surface area contributed by atoms with E-state index in [0.717, 1.165) is 30.0 Å². The molecule has 0 aliphatic heterocycles. The molecule has 4 heteroatoms. The number of carbonyl (C=O) groups is 1. The number of hydrogen-bond acceptors (Lipinski definition) is 4. The Morgan fingerprint density at radius 3 is 2.90 bits per heavy atom. The third-order valence-corrected chi connectivity index (χ3v) is 4.16. The van der Waals surface area contributed by atoms with Crippen LogP contribution in [0.1, 0.15) is 33.6 Å². The second-order valence-electron chi connectivity index (χ2n) is 5.05. The summed E-state index contributed by atoms with van der Waals surface area (Å²) in [5, 5.41) is 10.8. The number of thiophene rings is 1. The van der Waals surface area contributed by atoms with E-state index in [1.165, 1.54) is 11.3 Å². The molecular formula is C17H18N2OS. The van der Waals surface area contributed by atoms with Crippen molar-refractivity contribution in [2.24, 2.45) is 0 Å². The minimum absolute atomic E-state index is 0.227. The van der Waals surface area contributed by atoms with Crippen LogP contribution < -0.4 is 0 Å². The molecule has 1 heterocycles. The fraction of sp³-hybridized carbons (Fsp3) is 0.294. The molecular weight excluding hydrogens is 280 g/mol. The Labute approximate surface area is 129 Å². The molecule has 0 amide bonds. The zero-order chi connectivity index (χ0) is 15.1. The maximum absolute atomic E-state index is 11.9. The Bertz CT molecular complexity index is 628. The van der Waals surface area contributed by atoms with Crippen molar-refractivity contribution in [3.05, 3.63) is 57.8 Å². The standard InChI is InChI=1S/C17H18N2OS/c1-19(13-15-6-2-5-14(11-15)12-18)9-3-7-16(20)17-8-4-10-21-17/h2,4-6,8,10-11H,3,7,9,13H2,1H3. The van der Waals surface area contributed by atoms with Crippen LogP contribution >= 0.6 is 11.3 Å². The third kappa shape index (κ3) is 4.82. The molecule has 0 aliphatic rings. The monoisotopic (exact) mass is 298 g/mol. The highest BCUT2D eigenvalue weighted by Gasteiger charge is 2.07. The van der Waals surface area contributed by atoms with Crippen LogP contribution in [0.2, 0.25) is 0 Å². The highest BCUT2D eigenvalue weighted by Crippen LogP contribution is 2.13. The van der Waals surface area contributed by atoms with Gasteiger partial charge >= 0.3 is 0 Å². The highest BCUT2D eigenvalue weighted by molar-refractivity contribution is 7.12. The van der Waals surface area contributed by atoms with Crippen LogP contribution in [-0.4, -0.2) is 24.3 Å². The first-order valence-electron chi connectivity index (χ1n) is 6.93. The smallest absolute Gasteiger partial charge is 0.172 e. The molecule has 1 aromatic heterocycles. The molecule has 0 unspecified atom stereocenters. The van der Waals surface area contributed by atoms with Crippen molar-refractivity contribution < 1.29 is 4.79 Å². The van der Waals surface area contributed by atoms with Gasteiger partial charge in [-0.2, -0.15) is 5.26 Å². The average molecular weight is 298 g/mol. The first-order chi connectivity index (χ1) is 10.2. The number of hydrogen-bond donors (Lipinski definition) is 0. The molecule has 21 heavy (non-hydrogen) atoms. The van der Waals surface area contributed by atoms with E-state index in [1.807, 2.05) is 48.8 Å². The first-order valence-corrected chi connectivity index (χ1v) is 7.81. The van der Waals surface area contributed by atoms with Gasteiger partial charge in [-0.25, -0.2) is 0 Å². The van der Waals surface area contributed by atoms with E-state index >= 15 is 0 Å². The SMILES string of the molecule is CN(CCCC(=O)c1cccs1)Cc1cccc(C#N)c1. The van der Waals surface area contributed by atoms with Crippen LogP contribution in [0.3, 0.4) is 0 Å². The molecule has 0 spiro atoms. The Kier molecular flexibility index (Phi) is 5.68. The summed E-state index contributed by atoms with van der Waals surface area (Å²) < 4.78 is 0. The molecule has 1 aromatic carbocycles. The molecule has 0 N–H and O–H groups in total. The van der Waals surface area contributed by atoms with E-state index in [2.05, 4.69) is 11.0 Å². The van der Waals surface area contributed by atoms with E-state index in [4.69, 9.17) is 5.26 Å². The van der Waals surface area contributed by atoms with Crippen LogP contribution in [0, 0.1) is 11.3 Å². The van der Waals surface area contributed by atoms with E-state index in [-0.39, 0.29) is 5.78 Å². The number of ketones is 1. The van der Waals surface area contributed by atoms with E-state index in [9.17, 15) is 4.79 Å². The normalized spacial score (nSPS) is 10.5. The van der Waals surface area contributed by atoms with Crippen molar-refractivity contribution in [3.8, 4) is 6.07 Å². The fourth-order valence-corrected chi connectivity index (χ4v) is 2.89. The molecule has 0 atom stereocenters. The van der Waals surface area contributed by atoms with Crippen molar-refractivity contribution in [2.75, 3.05) is 13.6 Å². The van der Waals surface area contributed by atoms with Gasteiger partial charge < -0.3 is 4.90 Å². The molecule has 0 bridgehead atoms. The summed E-state index contributed by atoms with van der Waals surface area (Å²) in [6.07, 6.45) is 1.44. The minimum Gasteiger partial charge on any atom is -0.302 e. The molecule has 0 fully saturated rings. The zero-order valence-corrected chi connectivity index (χ0v) is 12.9. The second kappa shape index (κ2) is 7.72. The maximum Gasteiger partial charge on any atom is 0.172 e. The quantitative estimate of drug-likeness (QED) is 0.732. The van der Waals surface area contributed by atoms with Crippen LogP contribution in [0.25, 0.3) is 0 Å². The topological polar surface area (TPSA) is 44.1 Å². The lowest BCUT2D eigenvalue weighted by atomic mass is 10.1. The van der Waals surface area contributed by atoms with Gasteiger partial charge in [0.15, 0.2) is 5.78 Å². The van der Waals surface area contributed by atoms with Gasteiger partial charge in [0, 0.05) is 13.0 Å². The lowest BCUT2D eigenvalue weighted by Crippen LogP contribution is -2.19. The number of nitriles is 1. The van der Waals surface area contributed by atoms with Gasteiger partial charge in [0.05, 0.1) is 16.5 Å². The Morgan fingerprint density at radius 2 is 2.19 bits per heavy atom. The average Bonchev–Trinajstić information content (AvgIpc) is 3.01. The van der Waals surface area contributed by atoms with Crippen LogP contribution in [0.5, 0.6) is 0 Å². The van der Waals surface area contributed by atoms with Crippen LogP contribution in [-0.2, 0) is 6.54 Å². The lowest BCUT2D eigenvalue weighted by Gasteiger charge is -2.16. The number of Topliss-reactive ketones (excluding diaryl/α,β-unsaturated/α-hetero) is 1. The van der Waals surface area contributed by atoms with Crippen molar-refractivity contribution >= 4 is 17.1 Å². The highest BCUT2D eigenvalue weighted by atomic mass is 32.1. The summed E-state index contributed by atoms with van der Waals surface area (Å²) in [6.45, 7) is 1.66. The molecule has 0 saturated carbocycles. The first kappa shape index (κ1) is 15.4. The van der Waals surface area contributed by atoms with Crippen LogP contribution in [0.15, 0.2) is 41.8 Å². The minimum atomic E-state index is 0.227. The maximum atomic E-state index is 11.9. The van der Waals surface area contributed by atoms with E-state index < -0.39 is 0 Å². The molecule has 0 saturated heterocycles. The second-order valence-corrected chi connectivity index (χ2v) is 6.00. The Hall–Kier alpha value is -1.96. The summed E-state index contributed by atoms with van der Waals surface area (Å²) in [6, 6.07) is 13.6. The van der Waals surface area contributed by atoms with Crippen molar-refractivity contribution in [3.63, 3.8) is 0 Å². The summed E-state index contributed by atoms with van der Waals surface area (Å²) in [5.41, 5.74) is 1.81. The molecule has 2 aromatic rings. The summed E-state index contributed by atoms with van der Waals surface area (Å²) in [4.78, 5) is 14.9. The van der Waals surface area contributed by atoms with Gasteiger partial charge in [-0.15, -0.1) is 11.3 Å². The molecule has 3 nitrogen and oxygen atoms in total. The molecule has 2 rings (SSSR count). The molecule has 108 valence electrons. The molecule has 0 aliphatic carbocycles. The van der Waals surface area contributed by atoms with Crippen molar-refractivity contribution in [1.29, 1.82) is 5.26 Å². The Morgan fingerprint density at radius 1 is 1.33 bits per heavy atom. The van der Waals surface area contributed by atoms with Crippen molar-refractivity contribution in [2.45, 2.75) is 19.4 Å². The number of benzene rings is 1. The van der Waals surface area contributed by atoms with Crippen molar-refractivity contribution in [1.82, 2.24) is 4.90 Å². The largest absolute Gasteiger partial charge is 0.302 e. The number of nitrogens with zero attached hydrogens (tertiary/aromatic N) is 2. The van der Waals surface area contributed by atoms with Gasteiger partial charge in [0.1, 0.15) is 0 Å². The van der Waals surface area contributed by atoms with Gasteiger partial charge in [-0.3, -0.25) is 4.79 Å². The predicted molar refractivity (Wildman–Crippen MR) is 85.4 cm³/mol. The van der Waals surface area contributed by atoms with E-state index in [0.29, 0.717) is 12.0 Å². The van der Waals surface area contributed by atoms with Gasteiger partial charge in [0.25, 0.3) is 0 Å². The third-order valence-electron chi connectivity index (χ3n) is 3.25.